The molecule has 1 saturated carbocycles. The van der Waals surface area contributed by atoms with Crippen LogP contribution >= 0.6 is 11.3 Å². The van der Waals surface area contributed by atoms with E-state index < -0.39 is 11.7 Å². The van der Waals surface area contributed by atoms with Crippen molar-refractivity contribution < 1.29 is 14.0 Å². The molecule has 2 aliphatic rings. The van der Waals surface area contributed by atoms with Gasteiger partial charge in [-0.25, -0.2) is 14.4 Å². The molecular formula is C30H27FN8O2S. The van der Waals surface area contributed by atoms with Gasteiger partial charge >= 0.3 is 0 Å². The van der Waals surface area contributed by atoms with Gasteiger partial charge in [0.15, 0.2) is 10.8 Å². The van der Waals surface area contributed by atoms with Gasteiger partial charge in [0.05, 0.1) is 29.1 Å². The summed E-state index contributed by atoms with van der Waals surface area (Å²) in [5.41, 5.74) is 2.33. The first-order chi connectivity index (χ1) is 20.4. The number of nitrogens with zero attached hydrogens (tertiary/aromatic N) is 7. The first kappa shape index (κ1) is 26.2. The standard InChI is InChI=1S/C30H27FN8O2S/c1-17(2)39-16-32-36-27(39)29-35-25(15-42-29)34-28(40)20-11-24-21(10-22(20)31)30(41)37(12-18-6-4-3-5-7-18)14-26-33-23(13-38(24)26)19-8-9-19/h3-7,10-11,13,15-17,19H,8-9,12,14H2,1-2H3,(H,34,40). The van der Waals surface area contributed by atoms with Gasteiger partial charge in [-0.1, -0.05) is 30.3 Å². The second-order valence-electron chi connectivity index (χ2n) is 10.9. The molecule has 3 aromatic heterocycles. The van der Waals surface area contributed by atoms with Crippen LogP contribution in [-0.2, 0) is 13.1 Å². The van der Waals surface area contributed by atoms with E-state index in [0.29, 0.717) is 34.8 Å². The van der Waals surface area contributed by atoms with Crippen LogP contribution in [0.25, 0.3) is 16.5 Å². The molecule has 5 aromatic rings. The predicted molar refractivity (Wildman–Crippen MR) is 155 cm³/mol. The van der Waals surface area contributed by atoms with Gasteiger partial charge in [0.25, 0.3) is 11.8 Å². The van der Waals surface area contributed by atoms with Crippen LogP contribution < -0.4 is 5.32 Å². The lowest BCUT2D eigenvalue weighted by molar-refractivity contribution is 0.0730. The number of amides is 2. The Hall–Kier alpha value is -4.71. The van der Waals surface area contributed by atoms with Crippen LogP contribution in [-0.4, -0.2) is 46.0 Å². The lowest BCUT2D eigenvalue weighted by Crippen LogP contribution is -2.29. The fourth-order valence-electron chi connectivity index (χ4n) is 5.18. The Bertz CT molecular complexity index is 1820. The van der Waals surface area contributed by atoms with Gasteiger partial charge in [0.2, 0.25) is 0 Å². The second-order valence-corrected chi connectivity index (χ2v) is 11.7. The molecule has 0 radical (unpaired) electrons. The number of carbonyl (C=O) groups excluding carboxylic acids is 2. The smallest absolute Gasteiger partial charge is 0.259 e. The molecule has 0 atom stereocenters. The number of carbonyl (C=O) groups is 2. The van der Waals surface area contributed by atoms with E-state index in [2.05, 4.69) is 20.5 Å². The summed E-state index contributed by atoms with van der Waals surface area (Å²) in [6.07, 6.45) is 5.68. The molecule has 2 aromatic carbocycles. The van der Waals surface area contributed by atoms with Gasteiger partial charge in [-0.3, -0.25) is 9.59 Å². The molecule has 1 aliphatic carbocycles. The van der Waals surface area contributed by atoms with Crippen LogP contribution in [0, 0.1) is 5.82 Å². The number of halogens is 1. The number of rotatable bonds is 7. The highest BCUT2D eigenvalue weighted by Crippen LogP contribution is 2.40. The average Bonchev–Trinajstić information content (AvgIpc) is 3.36. The van der Waals surface area contributed by atoms with Crippen molar-refractivity contribution in [2.45, 2.75) is 51.7 Å². The molecule has 12 heteroatoms. The molecule has 4 heterocycles. The summed E-state index contributed by atoms with van der Waals surface area (Å²) in [6, 6.07) is 12.4. The van der Waals surface area contributed by atoms with Crippen molar-refractivity contribution >= 4 is 29.0 Å². The first-order valence-corrected chi connectivity index (χ1v) is 14.7. The number of anilines is 1. The van der Waals surface area contributed by atoms with E-state index in [1.807, 2.05) is 59.5 Å². The maximum Gasteiger partial charge on any atom is 0.259 e. The van der Waals surface area contributed by atoms with Crippen LogP contribution in [0.1, 0.15) is 76.4 Å². The number of hydrogen-bond donors (Lipinski definition) is 1. The second kappa shape index (κ2) is 10.3. The first-order valence-electron chi connectivity index (χ1n) is 13.8. The summed E-state index contributed by atoms with van der Waals surface area (Å²) < 4.78 is 19.3. The summed E-state index contributed by atoms with van der Waals surface area (Å²) in [7, 11) is 0. The molecule has 0 unspecified atom stereocenters. The van der Waals surface area contributed by atoms with Crippen molar-refractivity contribution in [3.63, 3.8) is 0 Å². The van der Waals surface area contributed by atoms with E-state index in [0.717, 1.165) is 30.2 Å². The number of fused-ring (bicyclic) bond motifs is 3. The topological polar surface area (TPSA) is 111 Å². The Balaban J connectivity index is 1.23. The molecule has 212 valence electrons. The zero-order valence-electron chi connectivity index (χ0n) is 23.0. The number of benzene rings is 2. The molecule has 0 saturated heterocycles. The quantitative estimate of drug-likeness (QED) is 0.268. The van der Waals surface area contributed by atoms with Gasteiger partial charge in [-0.2, -0.15) is 0 Å². The Morgan fingerprint density at radius 1 is 1.17 bits per heavy atom. The number of nitrogens with one attached hydrogen (secondary N) is 1. The maximum absolute atomic E-state index is 15.6. The average molecular weight is 583 g/mol. The monoisotopic (exact) mass is 582 g/mol. The van der Waals surface area contributed by atoms with E-state index in [1.165, 1.54) is 17.4 Å². The van der Waals surface area contributed by atoms with Crippen molar-refractivity contribution in [2.75, 3.05) is 5.32 Å². The summed E-state index contributed by atoms with van der Waals surface area (Å²) in [5, 5.41) is 13.1. The van der Waals surface area contributed by atoms with Crippen LogP contribution in [0.4, 0.5) is 10.2 Å². The molecule has 0 bridgehead atoms. The van der Waals surface area contributed by atoms with E-state index >= 15 is 4.39 Å². The summed E-state index contributed by atoms with van der Waals surface area (Å²) in [4.78, 5) is 38.1. The lowest BCUT2D eigenvalue weighted by Gasteiger charge is -2.20. The molecule has 2 amide bonds. The molecule has 7 rings (SSSR count). The highest BCUT2D eigenvalue weighted by Gasteiger charge is 2.33. The summed E-state index contributed by atoms with van der Waals surface area (Å²) in [6.45, 7) is 4.64. The number of thiazole rings is 1. The molecule has 42 heavy (non-hydrogen) atoms. The minimum atomic E-state index is -0.791. The van der Waals surface area contributed by atoms with Gasteiger partial charge in [-0.05, 0) is 44.4 Å². The number of hydrogen-bond acceptors (Lipinski definition) is 7. The Kier molecular flexibility index (Phi) is 6.42. The minimum absolute atomic E-state index is 0.130. The van der Waals surface area contributed by atoms with Crippen molar-refractivity contribution in [1.29, 1.82) is 0 Å². The van der Waals surface area contributed by atoms with Gasteiger partial charge in [-0.15, -0.1) is 21.5 Å². The summed E-state index contributed by atoms with van der Waals surface area (Å²) in [5.74, 6) is 0.142. The SMILES string of the molecule is CC(C)n1cnnc1-c1nc(NC(=O)c2cc3c(cc2F)C(=O)N(Cc2ccccc2)Cc2nc(C4CC4)cn2-3)cs1. The number of imidazole rings is 1. The highest BCUT2D eigenvalue weighted by atomic mass is 32.1. The van der Waals surface area contributed by atoms with Crippen molar-refractivity contribution in [2.24, 2.45) is 0 Å². The fraction of sp³-hybridized carbons (Fsp3) is 0.267. The molecule has 1 aliphatic heterocycles. The highest BCUT2D eigenvalue weighted by molar-refractivity contribution is 7.13. The van der Waals surface area contributed by atoms with E-state index in [1.54, 1.807) is 16.6 Å². The normalized spacial score (nSPS) is 14.6. The molecular weight excluding hydrogens is 555 g/mol. The lowest BCUT2D eigenvalue weighted by atomic mass is 10.1. The van der Waals surface area contributed by atoms with E-state index in [4.69, 9.17) is 4.98 Å². The Morgan fingerprint density at radius 3 is 2.74 bits per heavy atom. The predicted octanol–water partition coefficient (Wildman–Crippen LogP) is 5.59. The van der Waals surface area contributed by atoms with Gasteiger partial charge in [0, 0.05) is 30.1 Å². The molecule has 1 fully saturated rings. The summed E-state index contributed by atoms with van der Waals surface area (Å²) >= 11 is 1.30. The third kappa shape index (κ3) is 4.77. The van der Waals surface area contributed by atoms with Crippen molar-refractivity contribution in [1.82, 2.24) is 34.2 Å². The number of aromatic nitrogens is 6. The van der Waals surface area contributed by atoms with Gasteiger partial charge in [0.1, 0.15) is 23.8 Å². The molecule has 0 spiro atoms. The zero-order valence-corrected chi connectivity index (χ0v) is 23.8. The Morgan fingerprint density at radius 2 is 1.98 bits per heavy atom. The third-order valence-electron chi connectivity index (χ3n) is 7.52. The third-order valence-corrected chi connectivity index (χ3v) is 8.35. The molecule has 1 N–H and O–H groups in total. The van der Waals surface area contributed by atoms with Crippen LogP contribution in [0.5, 0.6) is 0 Å². The van der Waals surface area contributed by atoms with Crippen molar-refractivity contribution in [3.8, 4) is 16.5 Å². The van der Waals surface area contributed by atoms with E-state index in [-0.39, 0.29) is 35.4 Å². The van der Waals surface area contributed by atoms with Gasteiger partial charge < -0.3 is 19.4 Å². The fourth-order valence-corrected chi connectivity index (χ4v) is 5.91. The zero-order chi connectivity index (χ0) is 29.0. The maximum atomic E-state index is 15.6. The largest absolute Gasteiger partial charge is 0.327 e. The van der Waals surface area contributed by atoms with Crippen molar-refractivity contribution in [3.05, 3.63) is 94.4 Å². The van der Waals surface area contributed by atoms with E-state index in [9.17, 15) is 9.59 Å². The Labute approximate surface area is 244 Å². The minimum Gasteiger partial charge on any atom is -0.327 e. The van der Waals surface area contributed by atoms with Crippen LogP contribution in [0.15, 0.2) is 60.4 Å². The molecule has 10 nitrogen and oxygen atoms in total. The van der Waals surface area contributed by atoms with Crippen LogP contribution in [0.2, 0.25) is 0 Å². The van der Waals surface area contributed by atoms with Crippen LogP contribution in [0.3, 0.4) is 0 Å².